The van der Waals surface area contributed by atoms with Crippen molar-refractivity contribution in [1.82, 2.24) is 62.1 Å². The minimum Gasteiger partial charge on any atom is -0.481 e. The summed E-state index contributed by atoms with van der Waals surface area (Å²) in [7, 11) is 0. The molecule has 0 unspecified atom stereocenters. The average Bonchev–Trinajstić information content (AvgIpc) is 4.24. The molecule has 4 saturated heterocycles. The van der Waals surface area contributed by atoms with E-state index in [9.17, 15) is 72.2 Å². The molecule has 4 rings (SSSR count). The van der Waals surface area contributed by atoms with E-state index >= 15 is 0 Å². The summed E-state index contributed by atoms with van der Waals surface area (Å²) >= 11 is 0. The number of nitrogens with one attached hydrogen (secondary N) is 8. The molecule has 4 aliphatic heterocycles. The summed E-state index contributed by atoms with van der Waals surface area (Å²) in [6, 6.07) is -14.4. The molecule has 0 saturated carbocycles. The molecule has 0 radical (unpaired) electrons. The highest BCUT2D eigenvalue weighted by Crippen LogP contribution is 2.26. The quantitative estimate of drug-likeness (QED) is 0.0432. The van der Waals surface area contributed by atoms with Gasteiger partial charge in [0.05, 0.1) is 6.04 Å². The second-order valence-corrected chi connectivity index (χ2v) is 20.5. The van der Waals surface area contributed by atoms with Gasteiger partial charge in [-0.15, -0.1) is 0 Å². The fourth-order valence-corrected chi connectivity index (χ4v) is 9.69. The third-order valence-corrected chi connectivity index (χ3v) is 14.2. The first-order valence-electron chi connectivity index (χ1n) is 26.4. The van der Waals surface area contributed by atoms with E-state index < -0.39 is 168 Å². The summed E-state index contributed by atoms with van der Waals surface area (Å²) in [6.45, 7) is 11.9. The molecule has 434 valence electrons. The van der Waals surface area contributed by atoms with Crippen molar-refractivity contribution in [3.63, 3.8) is 0 Å². The van der Waals surface area contributed by atoms with Crippen LogP contribution in [0.4, 0.5) is 0 Å². The van der Waals surface area contributed by atoms with Gasteiger partial charge in [-0.2, -0.15) is 0 Å². The highest BCUT2D eigenvalue weighted by molar-refractivity contribution is 6.00. The molecule has 0 bridgehead atoms. The lowest BCUT2D eigenvalue weighted by molar-refractivity contribution is -0.148. The highest BCUT2D eigenvalue weighted by atomic mass is 16.4. The van der Waals surface area contributed by atoms with Gasteiger partial charge < -0.3 is 78.1 Å². The van der Waals surface area contributed by atoms with Crippen LogP contribution in [0.3, 0.4) is 0 Å². The largest absolute Gasteiger partial charge is 0.481 e. The highest BCUT2D eigenvalue weighted by Gasteiger charge is 2.45. The van der Waals surface area contributed by atoms with Crippen LogP contribution in [0.5, 0.6) is 0 Å². The maximum Gasteiger partial charge on any atom is 0.326 e. The molecule has 29 nitrogen and oxygen atoms in total. The maximum atomic E-state index is 13.9. The number of carbonyl (C=O) groups excluding carboxylic acids is 12. The van der Waals surface area contributed by atoms with E-state index in [1.807, 2.05) is 0 Å². The number of hydrogen-bond acceptors (Lipinski definition) is 15. The van der Waals surface area contributed by atoms with Crippen molar-refractivity contribution < 1.29 is 77.3 Å². The number of carboxylic acids is 2. The molecule has 4 aliphatic rings. The van der Waals surface area contributed by atoms with E-state index in [2.05, 4.69) is 42.5 Å². The summed E-state index contributed by atoms with van der Waals surface area (Å²) in [6.07, 6.45) is 1.95. The van der Waals surface area contributed by atoms with E-state index in [1.54, 1.807) is 0 Å². The minimum absolute atomic E-state index is 0.162. The predicted molar refractivity (Wildman–Crippen MR) is 272 cm³/mol. The first-order chi connectivity index (χ1) is 36.5. The van der Waals surface area contributed by atoms with E-state index in [0.717, 1.165) is 0 Å². The second-order valence-electron chi connectivity index (χ2n) is 20.5. The molecule has 13 atom stereocenters. The van der Waals surface area contributed by atoms with Crippen LogP contribution in [0.25, 0.3) is 0 Å². The van der Waals surface area contributed by atoms with Crippen molar-refractivity contribution in [2.75, 3.05) is 26.2 Å². The third-order valence-electron chi connectivity index (χ3n) is 14.2. The van der Waals surface area contributed by atoms with Crippen molar-refractivity contribution in [2.45, 2.75) is 198 Å². The Kier molecular flexibility index (Phi) is 22.8. The standard InChI is InChI=1S/C49H77N13O16/c1-23(50)37(65)55-28(6)45(73)59-19-9-13-32(59)43(71)53-26(4)40(68)56-29(7)46(74)60-20-10-14-33(60)42(70)52-25(3)38(66)51-24(2)39(67)57-30(8)47(75)62-22-12-16-35(62)48(76)61-21-11-15-34(61)44(72)54-27(5)41(69)58-31(49(77)78)17-18-36(63)64/h23-35H,9-22,50H2,1-8H3,(H,51,66)(H,52,70)(H,53,71)(H,54,72)(H,55,65)(H,56,68)(H,57,67)(H,58,69)(H,63,64)(H,77,78)/t23-,24-,25-,26-,27-,28-,29-,30-,31-,32-,33-,34-,35-/m0/s1. The summed E-state index contributed by atoms with van der Waals surface area (Å²) in [5.41, 5.74) is 5.59. The molecular formula is C49H77N13O16. The molecule has 0 aromatic carbocycles. The molecule has 12 amide bonds. The Balaban J connectivity index is 1.23. The van der Waals surface area contributed by atoms with Gasteiger partial charge in [-0.05, 0) is 113 Å². The van der Waals surface area contributed by atoms with Crippen LogP contribution in [0.15, 0.2) is 0 Å². The Hall–Kier alpha value is -7.46. The lowest BCUT2D eigenvalue weighted by atomic mass is 10.1. The normalized spacial score (nSPS) is 22.4. The molecular weight excluding hydrogens is 1030 g/mol. The molecule has 0 aromatic heterocycles. The van der Waals surface area contributed by atoms with Gasteiger partial charge in [0.1, 0.15) is 72.5 Å². The van der Waals surface area contributed by atoms with Gasteiger partial charge in [0.25, 0.3) is 0 Å². The van der Waals surface area contributed by atoms with Crippen molar-refractivity contribution in [2.24, 2.45) is 5.73 Å². The van der Waals surface area contributed by atoms with E-state index in [-0.39, 0.29) is 51.9 Å². The molecule has 12 N–H and O–H groups in total. The topological polar surface area (TPSA) is 415 Å². The van der Waals surface area contributed by atoms with Gasteiger partial charge in [-0.3, -0.25) is 62.3 Å². The second kappa shape index (κ2) is 28.2. The number of likely N-dealkylation sites (tertiary alicyclic amines) is 4. The average molecular weight is 1100 g/mol. The van der Waals surface area contributed by atoms with E-state index in [1.165, 1.54) is 75.0 Å². The fourth-order valence-electron chi connectivity index (χ4n) is 9.69. The zero-order valence-electron chi connectivity index (χ0n) is 45.4. The monoisotopic (exact) mass is 1100 g/mol. The van der Waals surface area contributed by atoms with Gasteiger partial charge in [-0.25, -0.2) is 4.79 Å². The lowest BCUT2D eigenvalue weighted by Crippen LogP contribution is -2.59. The van der Waals surface area contributed by atoms with Crippen molar-refractivity contribution >= 4 is 82.8 Å². The Labute approximate surface area is 451 Å². The van der Waals surface area contributed by atoms with Crippen LogP contribution >= 0.6 is 0 Å². The van der Waals surface area contributed by atoms with Gasteiger partial charge >= 0.3 is 11.9 Å². The number of amides is 12. The van der Waals surface area contributed by atoms with Crippen LogP contribution in [0.1, 0.15) is 120 Å². The van der Waals surface area contributed by atoms with Crippen LogP contribution in [0, 0.1) is 0 Å². The minimum atomic E-state index is -1.51. The van der Waals surface area contributed by atoms with Crippen molar-refractivity contribution in [3.8, 4) is 0 Å². The van der Waals surface area contributed by atoms with Crippen LogP contribution < -0.4 is 48.3 Å². The zero-order valence-corrected chi connectivity index (χ0v) is 45.4. The van der Waals surface area contributed by atoms with E-state index in [4.69, 9.17) is 10.8 Å². The Morgan fingerprint density at radius 2 is 0.705 bits per heavy atom. The molecule has 29 heteroatoms. The SMILES string of the molecule is C[C@H](N)C(=O)N[C@@H](C)C(=O)N1CCC[C@H]1C(=O)N[C@@H](C)C(=O)N[C@@H](C)C(=O)N1CCC[C@H]1C(=O)N[C@@H](C)C(=O)N[C@@H](C)C(=O)N[C@@H](C)C(=O)N1CCC[C@H]1C(=O)N1CCC[C@H]1C(=O)N[C@@H](C)C(=O)N[C@@H](CCC(=O)O)C(=O)O. The summed E-state index contributed by atoms with van der Waals surface area (Å²) in [4.78, 5) is 187. The van der Waals surface area contributed by atoms with Gasteiger partial charge in [-0.1, -0.05) is 0 Å². The number of rotatable bonds is 24. The molecule has 0 aromatic rings. The smallest absolute Gasteiger partial charge is 0.326 e. The fraction of sp³-hybridized carbons (Fsp3) is 0.714. The first kappa shape index (κ1) is 63.1. The number of carbonyl (C=O) groups is 14. The van der Waals surface area contributed by atoms with Crippen molar-refractivity contribution in [3.05, 3.63) is 0 Å². The van der Waals surface area contributed by atoms with Crippen molar-refractivity contribution in [1.29, 1.82) is 0 Å². The van der Waals surface area contributed by atoms with Crippen LogP contribution in [0.2, 0.25) is 0 Å². The van der Waals surface area contributed by atoms with Crippen LogP contribution in [-0.4, -0.2) is 217 Å². The first-order valence-corrected chi connectivity index (χ1v) is 26.4. The zero-order chi connectivity index (χ0) is 58.5. The number of carboxylic acid groups (broad SMARTS) is 2. The van der Waals surface area contributed by atoms with E-state index in [0.29, 0.717) is 32.1 Å². The van der Waals surface area contributed by atoms with Gasteiger partial charge in [0.2, 0.25) is 70.9 Å². The molecule has 0 spiro atoms. The summed E-state index contributed by atoms with van der Waals surface area (Å²) in [5.74, 6) is -10.5. The lowest BCUT2D eigenvalue weighted by Gasteiger charge is -2.32. The number of nitrogens with zero attached hydrogens (tertiary/aromatic N) is 4. The third kappa shape index (κ3) is 16.5. The van der Waals surface area contributed by atoms with Crippen LogP contribution in [-0.2, 0) is 67.1 Å². The Morgan fingerprint density at radius 3 is 1.06 bits per heavy atom. The van der Waals surface area contributed by atoms with Gasteiger partial charge in [0.15, 0.2) is 0 Å². The summed E-state index contributed by atoms with van der Waals surface area (Å²) < 4.78 is 0. The molecule has 4 fully saturated rings. The number of aliphatic carboxylic acids is 2. The predicted octanol–water partition coefficient (Wildman–Crippen LogP) is -4.74. The Bertz CT molecular complexity index is 2340. The Morgan fingerprint density at radius 1 is 0.410 bits per heavy atom. The molecule has 78 heavy (non-hydrogen) atoms. The maximum absolute atomic E-state index is 13.9. The molecule has 4 heterocycles. The van der Waals surface area contributed by atoms with Gasteiger partial charge in [0, 0.05) is 32.6 Å². The molecule has 0 aliphatic carbocycles. The number of nitrogens with two attached hydrogens (primary N) is 1. The number of hydrogen-bond donors (Lipinski definition) is 11. The summed E-state index contributed by atoms with van der Waals surface area (Å²) in [5, 5.41) is 38.3.